The van der Waals surface area contributed by atoms with Gasteiger partial charge in [0.05, 0.1) is 4.90 Å². The number of halogens is 1. The molecule has 1 N–H and O–H groups in total. The SMILES string of the molecule is O=C(c1cccc(S(=O)(=O)NCc2ccc3c(c2)OCO3)c1)N(Cc1ccc(F)cc1)C1CC1. The van der Waals surface area contributed by atoms with E-state index >= 15 is 0 Å². The van der Waals surface area contributed by atoms with E-state index in [1.54, 1.807) is 47.4 Å². The first-order chi connectivity index (χ1) is 16.4. The van der Waals surface area contributed by atoms with E-state index in [0.29, 0.717) is 23.6 Å². The molecule has 1 saturated carbocycles. The van der Waals surface area contributed by atoms with Gasteiger partial charge >= 0.3 is 0 Å². The molecule has 0 atom stereocenters. The summed E-state index contributed by atoms with van der Waals surface area (Å²) in [6.07, 6.45) is 1.78. The zero-order valence-corrected chi connectivity index (χ0v) is 19.1. The van der Waals surface area contributed by atoms with Crippen LogP contribution in [0.4, 0.5) is 4.39 Å². The first kappa shape index (κ1) is 22.4. The molecule has 0 unspecified atom stereocenters. The fourth-order valence-electron chi connectivity index (χ4n) is 3.81. The van der Waals surface area contributed by atoms with Crippen LogP contribution in [0.25, 0.3) is 0 Å². The van der Waals surface area contributed by atoms with Crippen molar-refractivity contribution in [3.8, 4) is 11.5 Å². The van der Waals surface area contributed by atoms with Gasteiger partial charge in [-0.2, -0.15) is 0 Å². The highest BCUT2D eigenvalue weighted by molar-refractivity contribution is 7.89. The molecule has 3 aromatic rings. The number of amides is 1. The highest BCUT2D eigenvalue weighted by atomic mass is 32.2. The van der Waals surface area contributed by atoms with Gasteiger partial charge in [0.15, 0.2) is 11.5 Å². The van der Waals surface area contributed by atoms with Gasteiger partial charge in [-0.3, -0.25) is 4.79 Å². The summed E-state index contributed by atoms with van der Waals surface area (Å²) in [5.74, 6) is 0.614. The first-order valence-corrected chi connectivity index (χ1v) is 12.4. The third-order valence-electron chi connectivity index (χ3n) is 5.81. The van der Waals surface area contributed by atoms with Gasteiger partial charge in [-0.05, 0) is 66.4 Å². The zero-order chi connectivity index (χ0) is 23.7. The summed E-state index contributed by atoms with van der Waals surface area (Å²) in [4.78, 5) is 15.0. The van der Waals surface area contributed by atoms with E-state index in [4.69, 9.17) is 9.47 Å². The number of ether oxygens (including phenoxy) is 2. The minimum atomic E-state index is -3.86. The Labute approximate surface area is 197 Å². The number of benzene rings is 3. The molecule has 1 aliphatic heterocycles. The highest BCUT2D eigenvalue weighted by Gasteiger charge is 2.33. The number of carbonyl (C=O) groups excluding carboxylic acids is 1. The average Bonchev–Trinajstić information content (AvgIpc) is 3.58. The monoisotopic (exact) mass is 482 g/mol. The Kier molecular flexibility index (Phi) is 5.97. The first-order valence-electron chi connectivity index (χ1n) is 10.9. The van der Waals surface area contributed by atoms with Gasteiger partial charge in [0.1, 0.15) is 5.82 Å². The van der Waals surface area contributed by atoms with Crippen LogP contribution >= 0.6 is 0 Å². The van der Waals surface area contributed by atoms with Gasteiger partial charge in [-0.25, -0.2) is 17.5 Å². The van der Waals surface area contributed by atoms with Crippen molar-refractivity contribution in [1.29, 1.82) is 0 Å². The molecule has 0 saturated heterocycles. The van der Waals surface area contributed by atoms with Crippen molar-refractivity contribution in [2.45, 2.75) is 36.9 Å². The number of carbonyl (C=O) groups is 1. The highest BCUT2D eigenvalue weighted by Crippen LogP contribution is 2.33. The Morgan fingerprint density at radius 1 is 0.971 bits per heavy atom. The van der Waals surface area contributed by atoms with Crippen LogP contribution in [0, 0.1) is 5.82 Å². The molecule has 0 radical (unpaired) electrons. The van der Waals surface area contributed by atoms with Crippen LogP contribution in [-0.2, 0) is 23.1 Å². The number of fused-ring (bicyclic) bond motifs is 1. The number of hydrogen-bond donors (Lipinski definition) is 1. The van der Waals surface area contributed by atoms with Gasteiger partial charge in [0.2, 0.25) is 16.8 Å². The zero-order valence-electron chi connectivity index (χ0n) is 18.2. The maximum absolute atomic E-state index is 13.3. The summed E-state index contributed by atoms with van der Waals surface area (Å²) in [6, 6.07) is 17.4. The Bertz CT molecular complexity index is 1320. The summed E-state index contributed by atoms with van der Waals surface area (Å²) in [7, 11) is -3.86. The Balaban J connectivity index is 1.31. The number of nitrogens with one attached hydrogen (secondary N) is 1. The molecular weight excluding hydrogens is 459 g/mol. The lowest BCUT2D eigenvalue weighted by molar-refractivity contribution is 0.0729. The lowest BCUT2D eigenvalue weighted by Crippen LogP contribution is -2.33. The van der Waals surface area contributed by atoms with E-state index in [1.165, 1.54) is 24.3 Å². The summed E-state index contributed by atoms with van der Waals surface area (Å²) in [5, 5.41) is 0. The van der Waals surface area contributed by atoms with Crippen LogP contribution < -0.4 is 14.2 Å². The normalized spacial score (nSPS) is 14.7. The fraction of sp³-hybridized carbons (Fsp3) is 0.240. The van der Waals surface area contributed by atoms with Gasteiger partial charge in [-0.1, -0.05) is 24.3 Å². The van der Waals surface area contributed by atoms with Crippen LogP contribution in [0.5, 0.6) is 11.5 Å². The number of hydrogen-bond acceptors (Lipinski definition) is 5. The number of sulfonamides is 1. The molecule has 0 bridgehead atoms. The van der Waals surface area contributed by atoms with Gasteiger partial charge < -0.3 is 14.4 Å². The number of rotatable bonds is 8. The smallest absolute Gasteiger partial charge is 0.254 e. The van der Waals surface area contributed by atoms with Crippen LogP contribution in [0.2, 0.25) is 0 Å². The summed E-state index contributed by atoms with van der Waals surface area (Å²) < 4.78 is 52.3. The van der Waals surface area contributed by atoms with Crippen molar-refractivity contribution >= 4 is 15.9 Å². The number of nitrogens with zero attached hydrogens (tertiary/aromatic N) is 1. The van der Waals surface area contributed by atoms with Crippen molar-refractivity contribution in [3.63, 3.8) is 0 Å². The standard InChI is InChI=1S/C25H23FN2O5S/c26-20-7-4-17(5-8-20)15-28(21-9-10-21)25(29)19-2-1-3-22(13-19)34(30,31)27-14-18-6-11-23-24(12-18)33-16-32-23/h1-8,11-13,21,27H,9-10,14-16H2. The predicted octanol–water partition coefficient (Wildman–Crippen LogP) is 3.84. The summed E-state index contributed by atoms with van der Waals surface area (Å²) >= 11 is 0. The van der Waals surface area contributed by atoms with E-state index in [1.807, 2.05) is 0 Å². The Hall–Kier alpha value is -3.43. The molecule has 3 aromatic carbocycles. The quantitative estimate of drug-likeness (QED) is 0.528. The van der Waals surface area contributed by atoms with E-state index in [0.717, 1.165) is 24.0 Å². The van der Waals surface area contributed by atoms with Crippen LogP contribution in [0.1, 0.15) is 34.3 Å². The van der Waals surface area contributed by atoms with Gasteiger partial charge in [0.25, 0.3) is 5.91 Å². The van der Waals surface area contributed by atoms with Crippen molar-refractivity contribution in [1.82, 2.24) is 9.62 Å². The van der Waals surface area contributed by atoms with Crippen LogP contribution in [0.3, 0.4) is 0 Å². The second kappa shape index (κ2) is 9.08. The third-order valence-corrected chi connectivity index (χ3v) is 7.21. The Morgan fingerprint density at radius 2 is 1.71 bits per heavy atom. The van der Waals surface area contributed by atoms with Gasteiger partial charge in [0, 0.05) is 24.7 Å². The maximum atomic E-state index is 13.3. The fourth-order valence-corrected chi connectivity index (χ4v) is 4.88. The lowest BCUT2D eigenvalue weighted by Gasteiger charge is -2.23. The van der Waals surface area contributed by atoms with E-state index < -0.39 is 10.0 Å². The molecule has 1 fully saturated rings. The summed E-state index contributed by atoms with van der Waals surface area (Å²) in [5.41, 5.74) is 1.83. The Morgan fingerprint density at radius 3 is 2.47 bits per heavy atom. The van der Waals surface area contributed by atoms with E-state index in [-0.39, 0.29) is 36.0 Å². The molecule has 7 nitrogen and oxygen atoms in total. The van der Waals surface area contributed by atoms with Crippen LogP contribution in [0.15, 0.2) is 71.6 Å². The largest absolute Gasteiger partial charge is 0.454 e. The molecular formula is C25H23FN2O5S. The second-order valence-electron chi connectivity index (χ2n) is 8.33. The van der Waals surface area contributed by atoms with Gasteiger partial charge in [-0.15, -0.1) is 0 Å². The van der Waals surface area contributed by atoms with Crippen molar-refractivity contribution in [3.05, 3.63) is 89.2 Å². The van der Waals surface area contributed by atoms with E-state index in [9.17, 15) is 17.6 Å². The molecule has 1 heterocycles. The molecule has 176 valence electrons. The van der Waals surface area contributed by atoms with Crippen LogP contribution in [-0.4, -0.2) is 32.1 Å². The average molecular weight is 483 g/mol. The third kappa shape index (κ3) is 4.90. The summed E-state index contributed by atoms with van der Waals surface area (Å²) in [6.45, 7) is 0.545. The molecule has 34 heavy (non-hydrogen) atoms. The topological polar surface area (TPSA) is 84.9 Å². The lowest BCUT2D eigenvalue weighted by atomic mass is 10.1. The maximum Gasteiger partial charge on any atom is 0.254 e. The van der Waals surface area contributed by atoms with Crippen molar-refractivity contribution < 1.29 is 27.1 Å². The molecule has 0 aromatic heterocycles. The molecule has 1 amide bonds. The minimum absolute atomic E-state index is 0.0108. The minimum Gasteiger partial charge on any atom is -0.454 e. The molecule has 9 heteroatoms. The van der Waals surface area contributed by atoms with Crippen molar-refractivity contribution in [2.75, 3.05) is 6.79 Å². The van der Waals surface area contributed by atoms with E-state index in [2.05, 4.69) is 4.72 Å². The molecule has 5 rings (SSSR count). The molecule has 1 aliphatic carbocycles. The molecule has 2 aliphatic rings. The van der Waals surface area contributed by atoms with Crippen molar-refractivity contribution in [2.24, 2.45) is 0 Å². The predicted molar refractivity (Wildman–Crippen MR) is 122 cm³/mol. The molecule has 0 spiro atoms. The second-order valence-corrected chi connectivity index (χ2v) is 10.1.